The van der Waals surface area contributed by atoms with Crippen LogP contribution in [0.15, 0.2) is 0 Å². The Kier molecular flexibility index (Phi) is 7.81. The summed E-state index contributed by atoms with van der Waals surface area (Å²) in [7, 11) is 0.354. The lowest BCUT2D eigenvalue weighted by atomic mass is 10.2. The Morgan fingerprint density at radius 1 is 1.16 bits per heavy atom. The Labute approximate surface area is 154 Å². The Morgan fingerprint density at radius 2 is 2.00 bits per heavy atom. The summed E-state index contributed by atoms with van der Waals surface area (Å²) in [6.07, 6.45) is 3.61. The number of rotatable bonds is 8. The van der Waals surface area contributed by atoms with E-state index in [2.05, 4.69) is 33.8 Å². The molecule has 8 heteroatoms. The normalized spacial score (nSPS) is 33.2. The molecule has 0 saturated carbocycles. The summed E-state index contributed by atoms with van der Waals surface area (Å²) in [4.78, 5) is 2.38. The topological polar surface area (TPSA) is 58.2 Å². The van der Waals surface area contributed by atoms with Crippen molar-refractivity contribution >= 4 is 10.8 Å². The van der Waals surface area contributed by atoms with E-state index in [9.17, 15) is 0 Å². The fourth-order valence-corrected chi connectivity index (χ4v) is 7.09. The van der Waals surface area contributed by atoms with Crippen molar-refractivity contribution in [2.75, 3.05) is 72.7 Å². The molecule has 3 rings (SSSR count). The predicted octanol–water partition coefficient (Wildman–Crippen LogP) is 0.925. The first-order valence-electron chi connectivity index (χ1n) is 9.84. The molecule has 25 heavy (non-hydrogen) atoms. The molecule has 0 aromatic rings. The summed E-state index contributed by atoms with van der Waals surface area (Å²) >= 11 is 0. The van der Waals surface area contributed by atoms with E-state index in [4.69, 9.17) is 13.1 Å². The maximum absolute atomic E-state index is 6.68. The molecule has 3 aliphatic heterocycles. The van der Waals surface area contributed by atoms with Gasteiger partial charge in [0.05, 0.1) is 26.4 Å². The maximum Gasteiger partial charge on any atom is 0.140 e. The van der Waals surface area contributed by atoms with Gasteiger partial charge in [0.2, 0.25) is 0 Å². The largest absolute Gasteiger partial charge is 0.377 e. The quantitative estimate of drug-likeness (QED) is 0.653. The first-order valence-corrected chi connectivity index (χ1v) is 11.3. The van der Waals surface area contributed by atoms with Crippen LogP contribution in [0.2, 0.25) is 0 Å². The average Bonchev–Trinajstić information content (AvgIpc) is 3.16. The first kappa shape index (κ1) is 19.8. The number of hydrogen-bond acceptors (Lipinski definition) is 7. The zero-order chi connectivity index (χ0) is 17.5. The molecule has 3 heterocycles. The minimum absolute atomic E-state index is 0.177. The third-order valence-electron chi connectivity index (χ3n) is 5.29. The van der Waals surface area contributed by atoms with Crippen LogP contribution in [-0.4, -0.2) is 93.4 Å². The van der Waals surface area contributed by atoms with Crippen molar-refractivity contribution < 1.29 is 13.1 Å². The predicted molar refractivity (Wildman–Crippen MR) is 102 cm³/mol. The number of piperazine rings is 1. The summed E-state index contributed by atoms with van der Waals surface area (Å²) in [6, 6.07) is 0.599. The van der Waals surface area contributed by atoms with Gasteiger partial charge in [-0.1, -0.05) is 0 Å². The van der Waals surface area contributed by atoms with Gasteiger partial charge in [-0.2, -0.15) is 0 Å². The van der Waals surface area contributed by atoms with Gasteiger partial charge in [0.15, 0.2) is 0 Å². The van der Waals surface area contributed by atoms with Crippen LogP contribution in [-0.2, 0) is 13.1 Å². The lowest BCUT2D eigenvalue weighted by Gasteiger charge is -2.58. The zero-order valence-electron chi connectivity index (χ0n) is 15.9. The third kappa shape index (κ3) is 4.87. The highest BCUT2D eigenvalue weighted by molar-refractivity contribution is 8.24. The Hall–Kier alpha value is 0.0700. The number of likely N-dealkylation sites (N-methyl/N-ethyl adjacent to an activating group) is 1. The SMILES string of the molecule is CCOS(OCCC1CCCN1)(C1COCCN1C)N1CCNCC1. The van der Waals surface area contributed by atoms with E-state index in [1.165, 1.54) is 12.8 Å². The van der Waals surface area contributed by atoms with Crippen molar-refractivity contribution in [1.82, 2.24) is 19.8 Å². The lowest BCUT2D eigenvalue weighted by Crippen LogP contribution is -2.55. The van der Waals surface area contributed by atoms with Crippen LogP contribution in [0.25, 0.3) is 0 Å². The van der Waals surface area contributed by atoms with Crippen LogP contribution in [0.5, 0.6) is 0 Å². The standard InChI is InChI=1S/C17H36N4O3S/c1-3-23-25(21-10-8-18-9-11-21,17-15-22-14-12-20(17)2)24-13-6-16-5-4-7-19-16/h16-19H,3-15H2,1-2H3. The van der Waals surface area contributed by atoms with Crippen molar-refractivity contribution in [3.05, 3.63) is 0 Å². The second-order valence-corrected chi connectivity index (χ2v) is 9.58. The van der Waals surface area contributed by atoms with Gasteiger partial charge in [0, 0.05) is 38.8 Å². The Balaban J connectivity index is 1.73. The summed E-state index contributed by atoms with van der Waals surface area (Å²) in [5, 5.41) is 7.20. The minimum Gasteiger partial charge on any atom is -0.377 e. The zero-order valence-corrected chi connectivity index (χ0v) is 16.7. The molecule has 0 bridgehead atoms. The lowest BCUT2D eigenvalue weighted by molar-refractivity contribution is 0.0227. The van der Waals surface area contributed by atoms with Crippen LogP contribution in [0.1, 0.15) is 26.2 Å². The summed E-state index contributed by atoms with van der Waals surface area (Å²) in [5.41, 5.74) is 0. The molecule has 0 spiro atoms. The van der Waals surface area contributed by atoms with Gasteiger partial charge in [-0.05, 0) is 39.8 Å². The molecular formula is C17H36N4O3S. The molecular weight excluding hydrogens is 340 g/mol. The van der Waals surface area contributed by atoms with Gasteiger partial charge in [-0.25, -0.2) is 4.31 Å². The monoisotopic (exact) mass is 376 g/mol. The van der Waals surface area contributed by atoms with Crippen LogP contribution < -0.4 is 10.6 Å². The van der Waals surface area contributed by atoms with E-state index in [1.54, 1.807) is 0 Å². The highest BCUT2D eigenvalue weighted by Crippen LogP contribution is 2.59. The molecule has 0 radical (unpaired) electrons. The van der Waals surface area contributed by atoms with Crippen molar-refractivity contribution in [3.63, 3.8) is 0 Å². The molecule has 148 valence electrons. The molecule has 2 N–H and O–H groups in total. The number of nitrogens with one attached hydrogen (secondary N) is 2. The molecule has 0 aliphatic carbocycles. The van der Waals surface area contributed by atoms with Gasteiger partial charge >= 0.3 is 0 Å². The van der Waals surface area contributed by atoms with Crippen LogP contribution in [0.3, 0.4) is 0 Å². The van der Waals surface area contributed by atoms with E-state index in [0.717, 1.165) is 58.9 Å². The number of morpholine rings is 1. The van der Waals surface area contributed by atoms with Gasteiger partial charge < -0.3 is 15.4 Å². The van der Waals surface area contributed by atoms with E-state index in [-0.39, 0.29) is 5.37 Å². The van der Waals surface area contributed by atoms with Crippen LogP contribution >= 0.6 is 10.8 Å². The fraction of sp³-hybridized carbons (Fsp3) is 1.00. The Bertz CT molecular complexity index is 394. The second-order valence-electron chi connectivity index (χ2n) is 7.01. The van der Waals surface area contributed by atoms with Crippen LogP contribution in [0, 0.1) is 0 Å². The molecule has 0 aromatic carbocycles. The molecule has 0 aromatic heterocycles. The fourth-order valence-electron chi connectivity index (χ4n) is 3.87. The molecule has 7 nitrogen and oxygen atoms in total. The molecule has 3 aliphatic rings. The smallest absolute Gasteiger partial charge is 0.140 e. The molecule has 3 atom stereocenters. The molecule has 3 fully saturated rings. The van der Waals surface area contributed by atoms with Crippen molar-refractivity contribution in [3.8, 4) is 0 Å². The maximum atomic E-state index is 6.68. The van der Waals surface area contributed by atoms with Gasteiger partial charge in [0.25, 0.3) is 0 Å². The first-order chi connectivity index (χ1) is 12.3. The Morgan fingerprint density at radius 3 is 2.68 bits per heavy atom. The third-order valence-corrected chi connectivity index (χ3v) is 8.63. The second kappa shape index (κ2) is 9.85. The van der Waals surface area contributed by atoms with E-state index in [1.807, 2.05) is 0 Å². The minimum atomic E-state index is -1.82. The number of nitrogens with zero attached hydrogens (tertiary/aromatic N) is 2. The van der Waals surface area contributed by atoms with E-state index < -0.39 is 10.8 Å². The molecule has 0 amide bonds. The number of hydrogen-bond donors (Lipinski definition) is 2. The number of ether oxygens (including phenoxy) is 1. The van der Waals surface area contributed by atoms with Crippen molar-refractivity contribution in [2.45, 2.75) is 37.6 Å². The van der Waals surface area contributed by atoms with Gasteiger partial charge in [-0.3, -0.25) is 13.3 Å². The van der Waals surface area contributed by atoms with E-state index in [0.29, 0.717) is 19.3 Å². The van der Waals surface area contributed by atoms with Gasteiger partial charge in [-0.15, -0.1) is 10.8 Å². The molecule has 3 saturated heterocycles. The van der Waals surface area contributed by atoms with Crippen molar-refractivity contribution in [1.29, 1.82) is 0 Å². The molecule has 3 unspecified atom stereocenters. The van der Waals surface area contributed by atoms with Gasteiger partial charge in [0.1, 0.15) is 5.37 Å². The average molecular weight is 377 g/mol. The summed E-state index contributed by atoms with van der Waals surface area (Å²) in [5.74, 6) is 0. The highest BCUT2D eigenvalue weighted by atomic mass is 32.3. The van der Waals surface area contributed by atoms with Crippen LogP contribution in [0.4, 0.5) is 0 Å². The van der Waals surface area contributed by atoms with Crippen molar-refractivity contribution in [2.24, 2.45) is 0 Å². The highest BCUT2D eigenvalue weighted by Gasteiger charge is 2.42. The summed E-state index contributed by atoms with van der Waals surface area (Å²) in [6.45, 7) is 11.0. The van der Waals surface area contributed by atoms with E-state index >= 15 is 0 Å². The summed E-state index contributed by atoms with van der Waals surface area (Å²) < 4.78 is 21.4.